The predicted octanol–water partition coefficient (Wildman–Crippen LogP) is 3.00. The molecule has 0 aliphatic carbocycles. The molecule has 0 atom stereocenters. The molecule has 1 aromatic rings. The number of nitriles is 1. The molecule has 0 fully saturated rings. The van der Waals surface area contributed by atoms with Gasteiger partial charge in [-0.1, -0.05) is 32.9 Å². The minimum absolute atomic E-state index is 0.133. The van der Waals surface area contributed by atoms with Crippen molar-refractivity contribution in [3.8, 4) is 11.8 Å². The molecule has 1 N–H and O–H groups in total. The van der Waals surface area contributed by atoms with Gasteiger partial charge in [0.15, 0.2) is 0 Å². The summed E-state index contributed by atoms with van der Waals surface area (Å²) in [5.41, 5.74) is 2.57. The first kappa shape index (κ1) is 14.5. The van der Waals surface area contributed by atoms with Gasteiger partial charge < -0.3 is 10.1 Å². The fraction of sp³-hybridized carbons (Fsp3) is 0.533. The summed E-state index contributed by atoms with van der Waals surface area (Å²) in [5, 5.41) is 11.8. The minimum atomic E-state index is 0.133. The molecule has 0 saturated heterocycles. The van der Waals surface area contributed by atoms with Gasteiger partial charge in [-0.3, -0.25) is 0 Å². The lowest BCUT2D eigenvalue weighted by molar-refractivity contribution is 0.407. The average molecular weight is 246 g/mol. The van der Waals surface area contributed by atoms with Crippen molar-refractivity contribution in [2.75, 3.05) is 13.7 Å². The van der Waals surface area contributed by atoms with E-state index in [-0.39, 0.29) is 5.41 Å². The van der Waals surface area contributed by atoms with Crippen LogP contribution in [0.5, 0.6) is 5.75 Å². The molecule has 1 rings (SSSR count). The highest BCUT2D eigenvalue weighted by Crippen LogP contribution is 2.27. The van der Waals surface area contributed by atoms with Crippen molar-refractivity contribution >= 4 is 0 Å². The highest BCUT2D eigenvalue weighted by molar-refractivity contribution is 5.39. The van der Waals surface area contributed by atoms with Crippen LogP contribution in [0.3, 0.4) is 0 Å². The van der Waals surface area contributed by atoms with Gasteiger partial charge in [0.1, 0.15) is 5.75 Å². The summed E-state index contributed by atoms with van der Waals surface area (Å²) in [6.45, 7) is 8.03. The van der Waals surface area contributed by atoms with Crippen LogP contribution in [-0.2, 0) is 12.0 Å². The fourth-order valence-electron chi connectivity index (χ4n) is 1.75. The van der Waals surface area contributed by atoms with Crippen LogP contribution in [0, 0.1) is 11.3 Å². The molecule has 1 aromatic carbocycles. The standard InChI is InChI=1S/C15H22N2O/c1-15(2,3)13-6-7-14(18-4)12(10-13)11-17-9-5-8-16/h6-7,10,17H,5,9,11H2,1-4H3. The SMILES string of the molecule is COc1ccc(C(C)(C)C)cc1CNCCC#N. The summed E-state index contributed by atoms with van der Waals surface area (Å²) >= 11 is 0. The Bertz CT molecular complexity index is 427. The van der Waals surface area contributed by atoms with Gasteiger partial charge in [0.25, 0.3) is 0 Å². The number of benzene rings is 1. The molecule has 0 radical (unpaired) electrons. The van der Waals surface area contributed by atoms with Crippen molar-refractivity contribution in [2.24, 2.45) is 0 Å². The first-order valence-electron chi connectivity index (χ1n) is 6.24. The third kappa shape index (κ3) is 4.05. The van der Waals surface area contributed by atoms with Crippen molar-refractivity contribution in [3.63, 3.8) is 0 Å². The van der Waals surface area contributed by atoms with E-state index >= 15 is 0 Å². The van der Waals surface area contributed by atoms with Gasteiger partial charge in [-0.25, -0.2) is 0 Å². The van der Waals surface area contributed by atoms with Gasteiger partial charge in [-0.05, 0) is 17.0 Å². The molecule has 98 valence electrons. The highest BCUT2D eigenvalue weighted by atomic mass is 16.5. The molecule has 0 bridgehead atoms. The Balaban J connectivity index is 2.83. The van der Waals surface area contributed by atoms with Crippen LogP contribution in [0.2, 0.25) is 0 Å². The maximum Gasteiger partial charge on any atom is 0.123 e. The van der Waals surface area contributed by atoms with E-state index in [2.05, 4.69) is 44.3 Å². The van der Waals surface area contributed by atoms with E-state index in [0.29, 0.717) is 13.0 Å². The van der Waals surface area contributed by atoms with Crippen LogP contribution in [0.15, 0.2) is 18.2 Å². The molecule has 0 saturated carbocycles. The van der Waals surface area contributed by atoms with Crippen LogP contribution >= 0.6 is 0 Å². The van der Waals surface area contributed by atoms with Gasteiger partial charge in [0.05, 0.1) is 13.2 Å². The summed E-state index contributed by atoms with van der Waals surface area (Å²) in [6, 6.07) is 8.43. The maximum absolute atomic E-state index is 8.50. The van der Waals surface area contributed by atoms with E-state index < -0.39 is 0 Å². The molecule has 0 heterocycles. The lowest BCUT2D eigenvalue weighted by Gasteiger charge is -2.21. The highest BCUT2D eigenvalue weighted by Gasteiger charge is 2.15. The van der Waals surface area contributed by atoms with E-state index in [1.807, 2.05) is 6.07 Å². The summed E-state index contributed by atoms with van der Waals surface area (Å²) < 4.78 is 5.37. The Morgan fingerprint density at radius 1 is 1.33 bits per heavy atom. The molecule has 3 heteroatoms. The van der Waals surface area contributed by atoms with Gasteiger partial charge in [0.2, 0.25) is 0 Å². The molecule has 18 heavy (non-hydrogen) atoms. The number of nitrogens with one attached hydrogen (secondary N) is 1. The quantitative estimate of drug-likeness (QED) is 0.812. The topological polar surface area (TPSA) is 45.0 Å². The zero-order valence-electron chi connectivity index (χ0n) is 11.7. The molecule has 0 aromatic heterocycles. The molecular formula is C15H22N2O. The van der Waals surface area contributed by atoms with E-state index in [4.69, 9.17) is 10.00 Å². The van der Waals surface area contributed by atoms with Crippen LogP contribution in [-0.4, -0.2) is 13.7 Å². The fourth-order valence-corrected chi connectivity index (χ4v) is 1.75. The smallest absolute Gasteiger partial charge is 0.123 e. The second kappa shape index (κ2) is 6.42. The van der Waals surface area contributed by atoms with Crippen molar-refractivity contribution in [1.29, 1.82) is 5.26 Å². The van der Waals surface area contributed by atoms with Gasteiger partial charge in [-0.2, -0.15) is 5.26 Å². The molecule has 0 amide bonds. The Kier molecular flexibility index (Phi) is 5.18. The number of hydrogen-bond acceptors (Lipinski definition) is 3. The number of ether oxygens (including phenoxy) is 1. The normalized spacial score (nSPS) is 11.1. The van der Waals surface area contributed by atoms with Crippen LogP contribution < -0.4 is 10.1 Å². The third-order valence-corrected chi connectivity index (χ3v) is 2.88. The molecule has 0 spiro atoms. The molecule has 0 aliphatic heterocycles. The van der Waals surface area contributed by atoms with E-state index in [9.17, 15) is 0 Å². The number of rotatable bonds is 5. The predicted molar refractivity (Wildman–Crippen MR) is 73.6 cm³/mol. The first-order chi connectivity index (χ1) is 8.49. The van der Waals surface area contributed by atoms with Gasteiger partial charge in [0, 0.05) is 25.1 Å². The summed E-state index contributed by atoms with van der Waals surface area (Å²) in [4.78, 5) is 0. The Hall–Kier alpha value is -1.53. The molecule has 0 unspecified atom stereocenters. The van der Waals surface area contributed by atoms with E-state index in [1.165, 1.54) is 5.56 Å². The molecule has 0 aliphatic rings. The van der Waals surface area contributed by atoms with Crippen molar-refractivity contribution < 1.29 is 4.74 Å². The Morgan fingerprint density at radius 2 is 2.06 bits per heavy atom. The number of methoxy groups -OCH3 is 1. The second-order valence-corrected chi connectivity index (χ2v) is 5.36. The Labute approximate surface area is 110 Å². The lowest BCUT2D eigenvalue weighted by Crippen LogP contribution is -2.17. The Morgan fingerprint density at radius 3 is 2.61 bits per heavy atom. The van der Waals surface area contributed by atoms with Crippen molar-refractivity contribution in [3.05, 3.63) is 29.3 Å². The third-order valence-electron chi connectivity index (χ3n) is 2.88. The average Bonchev–Trinajstić information content (AvgIpc) is 2.33. The van der Waals surface area contributed by atoms with Gasteiger partial charge >= 0.3 is 0 Å². The second-order valence-electron chi connectivity index (χ2n) is 5.36. The number of hydrogen-bond donors (Lipinski definition) is 1. The van der Waals surface area contributed by atoms with E-state index in [0.717, 1.165) is 17.9 Å². The van der Waals surface area contributed by atoms with Crippen LogP contribution in [0.1, 0.15) is 38.3 Å². The van der Waals surface area contributed by atoms with Gasteiger partial charge in [-0.15, -0.1) is 0 Å². The number of nitrogens with zero attached hydrogens (tertiary/aromatic N) is 1. The first-order valence-corrected chi connectivity index (χ1v) is 6.24. The summed E-state index contributed by atoms with van der Waals surface area (Å²) in [6.07, 6.45) is 0.529. The van der Waals surface area contributed by atoms with Crippen LogP contribution in [0.25, 0.3) is 0 Å². The molecular weight excluding hydrogens is 224 g/mol. The maximum atomic E-state index is 8.50. The monoisotopic (exact) mass is 246 g/mol. The zero-order valence-corrected chi connectivity index (χ0v) is 11.7. The summed E-state index contributed by atoms with van der Waals surface area (Å²) in [7, 11) is 1.69. The zero-order chi connectivity index (χ0) is 13.6. The van der Waals surface area contributed by atoms with Crippen molar-refractivity contribution in [2.45, 2.75) is 39.2 Å². The van der Waals surface area contributed by atoms with Crippen LogP contribution in [0.4, 0.5) is 0 Å². The van der Waals surface area contributed by atoms with Crippen molar-refractivity contribution in [1.82, 2.24) is 5.32 Å². The largest absolute Gasteiger partial charge is 0.496 e. The lowest BCUT2D eigenvalue weighted by atomic mass is 9.86. The summed E-state index contributed by atoms with van der Waals surface area (Å²) in [5.74, 6) is 0.896. The minimum Gasteiger partial charge on any atom is -0.496 e. The van der Waals surface area contributed by atoms with E-state index in [1.54, 1.807) is 7.11 Å². The molecule has 3 nitrogen and oxygen atoms in total.